The van der Waals surface area contributed by atoms with E-state index in [1.807, 2.05) is 0 Å². The minimum absolute atomic E-state index is 0.000180. The first-order valence-corrected chi connectivity index (χ1v) is 5.71. The fourth-order valence-electron chi connectivity index (χ4n) is 1.02. The average Bonchev–Trinajstić information content (AvgIpc) is 2.23. The molecule has 0 unspecified atom stereocenters. The molecule has 0 fully saturated rings. The number of nitrogens with zero attached hydrogens (tertiary/aromatic N) is 1. The van der Waals surface area contributed by atoms with E-state index in [1.165, 1.54) is 13.0 Å². The number of thioether (sulfide) groups is 1. The SMILES string of the molecule is CC(=O)SCC=Cc1ccc(C(F)(F)F)nc1. The van der Waals surface area contributed by atoms with Crippen molar-refractivity contribution in [2.75, 3.05) is 5.75 Å². The summed E-state index contributed by atoms with van der Waals surface area (Å²) in [6, 6.07) is 2.27. The molecular formula is C11H10F3NOS. The van der Waals surface area contributed by atoms with Crippen LogP contribution in [0.2, 0.25) is 0 Å². The van der Waals surface area contributed by atoms with Gasteiger partial charge in [-0.05, 0) is 11.6 Å². The van der Waals surface area contributed by atoms with Gasteiger partial charge in [0.15, 0.2) is 5.12 Å². The predicted molar refractivity (Wildman–Crippen MR) is 61.4 cm³/mol. The molecule has 92 valence electrons. The van der Waals surface area contributed by atoms with E-state index in [9.17, 15) is 18.0 Å². The Kier molecular flexibility index (Phi) is 4.74. The molecule has 0 bridgehead atoms. The number of pyridine rings is 1. The molecule has 0 N–H and O–H groups in total. The van der Waals surface area contributed by atoms with Gasteiger partial charge >= 0.3 is 6.18 Å². The minimum atomic E-state index is -4.41. The molecule has 0 saturated carbocycles. The highest BCUT2D eigenvalue weighted by Crippen LogP contribution is 2.27. The van der Waals surface area contributed by atoms with Gasteiger partial charge in [-0.25, -0.2) is 0 Å². The Morgan fingerprint density at radius 1 is 1.47 bits per heavy atom. The van der Waals surface area contributed by atoms with Crippen LogP contribution < -0.4 is 0 Å². The summed E-state index contributed by atoms with van der Waals surface area (Å²) in [6.45, 7) is 1.46. The summed E-state index contributed by atoms with van der Waals surface area (Å²) >= 11 is 1.13. The zero-order valence-electron chi connectivity index (χ0n) is 8.99. The van der Waals surface area contributed by atoms with Crippen LogP contribution in [0.25, 0.3) is 6.08 Å². The maximum absolute atomic E-state index is 12.2. The summed E-state index contributed by atoms with van der Waals surface area (Å²) in [5, 5.41) is 0.000180. The van der Waals surface area contributed by atoms with Crippen LogP contribution in [0.5, 0.6) is 0 Å². The second kappa shape index (κ2) is 5.86. The highest BCUT2D eigenvalue weighted by atomic mass is 32.2. The van der Waals surface area contributed by atoms with Crippen LogP contribution in [0.4, 0.5) is 13.2 Å². The van der Waals surface area contributed by atoms with Crippen molar-refractivity contribution >= 4 is 23.0 Å². The molecular weight excluding hydrogens is 251 g/mol. The highest BCUT2D eigenvalue weighted by Gasteiger charge is 2.31. The number of hydrogen-bond donors (Lipinski definition) is 0. The Morgan fingerprint density at radius 2 is 2.18 bits per heavy atom. The van der Waals surface area contributed by atoms with Crippen LogP contribution >= 0.6 is 11.8 Å². The zero-order chi connectivity index (χ0) is 12.9. The second-order valence-electron chi connectivity index (χ2n) is 3.18. The molecule has 2 nitrogen and oxygen atoms in total. The monoisotopic (exact) mass is 261 g/mol. The van der Waals surface area contributed by atoms with Crippen molar-refractivity contribution < 1.29 is 18.0 Å². The van der Waals surface area contributed by atoms with Crippen LogP contribution in [-0.4, -0.2) is 15.9 Å². The van der Waals surface area contributed by atoms with Gasteiger partial charge < -0.3 is 0 Å². The Hall–Kier alpha value is -1.30. The number of hydrogen-bond acceptors (Lipinski definition) is 3. The molecule has 0 atom stereocenters. The van der Waals surface area contributed by atoms with Crippen LogP contribution in [-0.2, 0) is 11.0 Å². The Morgan fingerprint density at radius 3 is 2.65 bits per heavy atom. The lowest BCUT2D eigenvalue weighted by molar-refractivity contribution is -0.141. The molecule has 6 heteroatoms. The van der Waals surface area contributed by atoms with E-state index >= 15 is 0 Å². The third-order valence-electron chi connectivity index (χ3n) is 1.77. The lowest BCUT2D eigenvalue weighted by atomic mass is 10.2. The molecule has 0 radical (unpaired) electrons. The molecule has 0 spiro atoms. The zero-order valence-corrected chi connectivity index (χ0v) is 9.81. The van der Waals surface area contributed by atoms with E-state index in [-0.39, 0.29) is 5.12 Å². The second-order valence-corrected chi connectivity index (χ2v) is 4.38. The summed E-state index contributed by atoms with van der Waals surface area (Å²) in [7, 11) is 0. The van der Waals surface area contributed by atoms with Gasteiger partial charge in [0.25, 0.3) is 0 Å². The largest absolute Gasteiger partial charge is 0.433 e. The molecule has 0 saturated heterocycles. The van der Waals surface area contributed by atoms with Gasteiger partial charge in [-0.3, -0.25) is 9.78 Å². The maximum Gasteiger partial charge on any atom is 0.433 e. The molecule has 0 aromatic carbocycles. The standard InChI is InChI=1S/C11H10F3NOS/c1-8(16)17-6-2-3-9-4-5-10(15-7-9)11(12,13)14/h2-5,7H,6H2,1H3. The number of carbonyl (C=O) groups excluding carboxylic acids is 1. The number of alkyl halides is 3. The molecule has 0 aliphatic rings. The maximum atomic E-state index is 12.2. The Bertz CT molecular complexity index is 412. The fraction of sp³-hybridized carbons (Fsp3) is 0.273. The van der Waals surface area contributed by atoms with Crippen molar-refractivity contribution in [3.05, 3.63) is 35.7 Å². The molecule has 17 heavy (non-hydrogen) atoms. The first kappa shape index (κ1) is 13.8. The number of carbonyl (C=O) groups is 1. The topological polar surface area (TPSA) is 30.0 Å². The average molecular weight is 261 g/mol. The van der Waals surface area contributed by atoms with E-state index in [0.29, 0.717) is 11.3 Å². The number of rotatable bonds is 3. The molecule has 1 rings (SSSR count). The lowest BCUT2D eigenvalue weighted by Crippen LogP contribution is -2.07. The van der Waals surface area contributed by atoms with Crippen LogP contribution in [0, 0.1) is 0 Å². The lowest BCUT2D eigenvalue weighted by Gasteiger charge is -2.04. The summed E-state index contributed by atoms with van der Waals surface area (Å²) in [4.78, 5) is 13.9. The van der Waals surface area contributed by atoms with Gasteiger partial charge in [0.2, 0.25) is 0 Å². The van der Waals surface area contributed by atoms with Gasteiger partial charge in [0.1, 0.15) is 5.69 Å². The van der Waals surface area contributed by atoms with Gasteiger partial charge in [-0.2, -0.15) is 13.2 Å². The Balaban J connectivity index is 2.60. The third kappa shape index (κ3) is 5.04. The van der Waals surface area contributed by atoms with Crippen molar-refractivity contribution in [1.82, 2.24) is 4.98 Å². The summed E-state index contributed by atoms with van der Waals surface area (Å²) in [5.41, 5.74) is -0.338. The van der Waals surface area contributed by atoms with Gasteiger partial charge in [-0.15, -0.1) is 0 Å². The van der Waals surface area contributed by atoms with Crippen LogP contribution in [0.15, 0.2) is 24.4 Å². The van der Waals surface area contributed by atoms with Gasteiger partial charge in [-0.1, -0.05) is 30.0 Å². The molecule has 1 heterocycles. The number of halogens is 3. The first-order valence-electron chi connectivity index (χ1n) is 4.73. The smallest absolute Gasteiger partial charge is 0.288 e. The number of aromatic nitrogens is 1. The van der Waals surface area contributed by atoms with Crippen molar-refractivity contribution in [1.29, 1.82) is 0 Å². The van der Waals surface area contributed by atoms with E-state index in [0.717, 1.165) is 24.0 Å². The highest BCUT2D eigenvalue weighted by molar-refractivity contribution is 8.13. The van der Waals surface area contributed by atoms with Crippen LogP contribution in [0.1, 0.15) is 18.2 Å². The minimum Gasteiger partial charge on any atom is -0.288 e. The van der Waals surface area contributed by atoms with Crippen molar-refractivity contribution in [2.24, 2.45) is 0 Å². The molecule has 0 aliphatic carbocycles. The first-order chi connectivity index (χ1) is 7.89. The predicted octanol–water partition coefficient (Wildman–Crippen LogP) is 3.39. The molecule has 1 aromatic heterocycles. The summed E-state index contributed by atoms with van der Waals surface area (Å²) in [6.07, 6.45) is 0.0733. The van der Waals surface area contributed by atoms with E-state index < -0.39 is 11.9 Å². The molecule has 0 aliphatic heterocycles. The Labute approximate surface area is 101 Å². The van der Waals surface area contributed by atoms with Gasteiger partial charge in [0.05, 0.1) is 0 Å². The van der Waals surface area contributed by atoms with E-state index in [4.69, 9.17) is 0 Å². The quantitative estimate of drug-likeness (QED) is 0.835. The van der Waals surface area contributed by atoms with Crippen molar-refractivity contribution in [3.8, 4) is 0 Å². The van der Waals surface area contributed by atoms with Crippen LogP contribution in [0.3, 0.4) is 0 Å². The van der Waals surface area contributed by atoms with E-state index in [2.05, 4.69) is 4.98 Å². The molecule has 0 amide bonds. The normalized spacial score (nSPS) is 12.0. The summed E-state index contributed by atoms with van der Waals surface area (Å²) in [5.74, 6) is 0.496. The van der Waals surface area contributed by atoms with Crippen molar-refractivity contribution in [3.63, 3.8) is 0 Å². The fourth-order valence-corrected chi connectivity index (χ4v) is 1.45. The van der Waals surface area contributed by atoms with Gasteiger partial charge in [0, 0.05) is 18.9 Å². The van der Waals surface area contributed by atoms with Crippen molar-refractivity contribution in [2.45, 2.75) is 13.1 Å². The third-order valence-corrected chi connectivity index (χ3v) is 2.54. The summed E-state index contributed by atoms with van der Waals surface area (Å²) < 4.78 is 36.6. The van der Waals surface area contributed by atoms with E-state index in [1.54, 1.807) is 12.2 Å². The molecule has 1 aromatic rings.